The molecular weight excluding hydrogens is 264 g/mol. The van der Waals surface area contributed by atoms with E-state index in [1.807, 2.05) is 4.90 Å². The maximum Gasteiger partial charge on any atom is 0.320 e. The molecule has 1 fully saturated rings. The number of hydrogen-bond donors (Lipinski definition) is 1. The first-order valence-electron chi connectivity index (χ1n) is 6.67. The van der Waals surface area contributed by atoms with Gasteiger partial charge in [0.2, 0.25) is 0 Å². The first-order chi connectivity index (χ1) is 9.25. The van der Waals surface area contributed by atoms with Gasteiger partial charge in [0, 0.05) is 18.1 Å². The van der Waals surface area contributed by atoms with Crippen molar-refractivity contribution >= 4 is 17.6 Å². The fourth-order valence-electron chi connectivity index (χ4n) is 2.10. The second-order valence-corrected chi connectivity index (χ2v) is 5.06. The topological polar surface area (TPSA) is 41.6 Å². The molecule has 0 aliphatic carbocycles. The zero-order valence-electron chi connectivity index (χ0n) is 10.9. The molecule has 0 spiro atoms. The lowest BCUT2D eigenvalue weighted by molar-refractivity contribution is 0.186. The molecule has 0 atom stereocenters. The van der Waals surface area contributed by atoms with Crippen LogP contribution in [0, 0.1) is 0 Å². The summed E-state index contributed by atoms with van der Waals surface area (Å²) in [5.41, 5.74) is 0. The average molecular weight is 283 g/mol. The largest absolute Gasteiger partial charge is 0.473 e. The van der Waals surface area contributed by atoms with Crippen molar-refractivity contribution in [2.45, 2.75) is 25.7 Å². The summed E-state index contributed by atoms with van der Waals surface area (Å²) in [6.07, 6.45) is 4.60. The van der Waals surface area contributed by atoms with Gasteiger partial charge in [0.15, 0.2) is 6.73 Å². The van der Waals surface area contributed by atoms with Crippen molar-refractivity contribution in [1.29, 1.82) is 0 Å². The minimum Gasteiger partial charge on any atom is -0.473 e. The molecule has 1 aromatic carbocycles. The number of ether oxygens (including phenoxy) is 1. The molecule has 0 radical (unpaired) electrons. The molecule has 1 aromatic rings. The number of benzene rings is 1. The Balaban J connectivity index is 1.72. The number of nitrogens with zero attached hydrogens (tertiary/aromatic N) is 1. The van der Waals surface area contributed by atoms with Gasteiger partial charge in [-0.2, -0.15) is 0 Å². The van der Waals surface area contributed by atoms with Crippen LogP contribution in [0.25, 0.3) is 0 Å². The van der Waals surface area contributed by atoms with Gasteiger partial charge in [-0.1, -0.05) is 24.4 Å². The van der Waals surface area contributed by atoms with E-state index in [4.69, 9.17) is 16.3 Å². The van der Waals surface area contributed by atoms with Gasteiger partial charge in [-0.05, 0) is 37.1 Å². The molecule has 1 saturated heterocycles. The minimum atomic E-state index is -0.0455. The van der Waals surface area contributed by atoms with Crippen LogP contribution >= 0.6 is 11.6 Å². The van der Waals surface area contributed by atoms with Crippen molar-refractivity contribution in [2.24, 2.45) is 0 Å². The van der Waals surface area contributed by atoms with Crippen molar-refractivity contribution in [3.8, 4) is 5.75 Å². The molecule has 0 aromatic heterocycles. The fraction of sp³-hybridized carbons (Fsp3) is 0.500. The first kappa shape index (κ1) is 14.0. The lowest BCUT2D eigenvalue weighted by Gasteiger charge is -2.20. The van der Waals surface area contributed by atoms with Gasteiger partial charge in [0.05, 0.1) is 0 Å². The van der Waals surface area contributed by atoms with Crippen molar-refractivity contribution in [2.75, 3.05) is 19.8 Å². The van der Waals surface area contributed by atoms with Crippen LogP contribution < -0.4 is 10.1 Å². The summed E-state index contributed by atoms with van der Waals surface area (Å²) in [5, 5.41) is 3.44. The number of amides is 2. The maximum atomic E-state index is 11.9. The van der Waals surface area contributed by atoms with E-state index in [1.54, 1.807) is 24.3 Å². The highest BCUT2D eigenvalue weighted by atomic mass is 35.5. The first-order valence-corrected chi connectivity index (χ1v) is 7.04. The van der Waals surface area contributed by atoms with Crippen molar-refractivity contribution in [1.82, 2.24) is 10.2 Å². The van der Waals surface area contributed by atoms with E-state index >= 15 is 0 Å². The van der Waals surface area contributed by atoms with E-state index in [0.717, 1.165) is 25.9 Å². The van der Waals surface area contributed by atoms with Crippen LogP contribution in [0.15, 0.2) is 24.3 Å². The second-order valence-electron chi connectivity index (χ2n) is 4.63. The van der Waals surface area contributed by atoms with E-state index in [9.17, 15) is 4.79 Å². The molecule has 1 heterocycles. The summed E-state index contributed by atoms with van der Waals surface area (Å²) in [7, 11) is 0. The summed E-state index contributed by atoms with van der Waals surface area (Å²) < 4.78 is 5.44. The zero-order chi connectivity index (χ0) is 13.5. The van der Waals surface area contributed by atoms with Gasteiger partial charge in [0.25, 0.3) is 0 Å². The van der Waals surface area contributed by atoms with Crippen LogP contribution in [0.5, 0.6) is 5.75 Å². The van der Waals surface area contributed by atoms with Crippen LogP contribution in [0.1, 0.15) is 25.7 Å². The van der Waals surface area contributed by atoms with Gasteiger partial charge in [0.1, 0.15) is 5.75 Å². The van der Waals surface area contributed by atoms with Gasteiger partial charge >= 0.3 is 6.03 Å². The van der Waals surface area contributed by atoms with Crippen LogP contribution in [0.3, 0.4) is 0 Å². The molecule has 1 N–H and O–H groups in total. The van der Waals surface area contributed by atoms with Crippen molar-refractivity contribution in [3.05, 3.63) is 29.3 Å². The average Bonchev–Trinajstić information content (AvgIpc) is 2.70. The Labute approximate surface area is 118 Å². The molecule has 4 nitrogen and oxygen atoms in total. The molecular formula is C14H19ClN2O2. The van der Waals surface area contributed by atoms with Crippen molar-refractivity contribution < 1.29 is 9.53 Å². The Hall–Kier alpha value is -1.42. The molecule has 1 aliphatic rings. The van der Waals surface area contributed by atoms with E-state index in [0.29, 0.717) is 10.8 Å². The second kappa shape index (κ2) is 7.24. The highest BCUT2D eigenvalue weighted by Crippen LogP contribution is 2.15. The Morgan fingerprint density at radius 1 is 1.16 bits per heavy atom. The Morgan fingerprint density at radius 3 is 2.42 bits per heavy atom. The molecule has 0 unspecified atom stereocenters. The summed E-state index contributed by atoms with van der Waals surface area (Å²) >= 11 is 5.78. The van der Waals surface area contributed by atoms with Crippen molar-refractivity contribution in [3.63, 3.8) is 0 Å². The summed E-state index contributed by atoms with van der Waals surface area (Å²) in [6.45, 7) is 1.86. The van der Waals surface area contributed by atoms with E-state index in [-0.39, 0.29) is 12.8 Å². The number of likely N-dealkylation sites (tertiary alicyclic amines) is 1. The predicted octanol–water partition coefficient (Wildman–Crippen LogP) is 3.26. The Kier molecular flexibility index (Phi) is 5.33. The number of urea groups is 1. The highest BCUT2D eigenvalue weighted by Gasteiger charge is 2.14. The number of rotatable bonds is 3. The minimum absolute atomic E-state index is 0.0455. The van der Waals surface area contributed by atoms with Crippen LogP contribution in [-0.2, 0) is 0 Å². The summed E-state index contributed by atoms with van der Waals surface area (Å²) in [4.78, 5) is 13.8. The molecule has 104 valence electrons. The predicted molar refractivity (Wildman–Crippen MR) is 75.5 cm³/mol. The number of carbonyl (C=O) groups is 1. The zero-order valence-corrected chi connectivity index (χ0v) is 11.7. The molecule has 2 amide bonds. The number of carbonyl (C=O) groups excluding carboxylic acids is 1. The number of hydrogen-bond acceptors (Lipinski definition) is 2. The molecule has 1 aliphatic heterocycles. The lowest BCUT2D eigenvalue weighted by Crippen LogP contribution is -2.41. The number of nitrogens with one attached hydrogen (secondary N) is 1. The third kappa shape index (κ3) is 4.63. The third-order valence-corrected chi connectivity index (χ3v) is 3.42. The highest BCUT2D eigenvalue weighted by molar-refractivity contribution is 6.30. The summed E-state index contributed by atoms with van der Waals surface area (Å²) in [5.74, 6) is 0.695. The fourth-order valence-corrected chi connectivity index (χ4v) is 2.22. The molecule has 0 bridgehead atoms. The SMILES string of the molecule is O=C(NCOc1ccc(Cl)cc1)N1CCCCCC1. The summed E-state index contributed by atoms with van der Waals surface area (Å²) in [6, 6.07) is 7.03. The van der Waals surface area contributed by atoms with Crippen LogP contribution in [-0.4, -0.2) is 30.8 Å². The molecule has 2 rings (SSSR count). The number of halogens is 1. The van der Waals surface area contributed by atoms with Gasteiger partial charge in [-0.15, -0.1) is 0 Å². The Morgan fingerprint density at radius 2 is 1.79 bits per heavy atom. The van der Waals surface area contributed by atoms with E-state index in [2.05, 4.69) is 5.32 Å². The van der Waals surface area contributed by atoms with Gasteiger partial charge < -0.3 is 15.0 Å². The lowest BCUT2D eigenvalue weighted by atomic mass is 10.2. The quantitative estimate of drug-likeness (QED) is 0.865. The van der Waals surface area contributed by atoms with E-state index < -0.39 is 0 Å². The molecule has 19 heavy (non-hydrogen) atoms. The standard InChI is InChI=1S/C14H19ClN2O2/c15-12-5-7-13(8-6-12)19-11-16-14(18)17-9-3-1-2-4-10-17/h5-8H,1-4,9-11H2,(H,16,18). The molecule has 5 heteroatoms. The van der Waals surface area contributed by atoms with Crippen LogP contribution in [0.2, 0.25) is 5.02 Å². The Bertz CT molecular complexity index is 400. The van der Waals surface area contributed by atoms with E-state index in [1.165, 1.54) is 12.8 Å². The van der Waals surface area contributed by atoms with Gasteiger partial charge in [-0.3, -0.25) is 0 Å². The maximum absolute atomic E-state index is 11.9. The van der Waals surface area contributed by atoms with Crippen LogP contribution in [0.4, 0.5) is 4.79 Å². The third-order valence-electron chi connectivity index (χ3n) is 3.17. The van der Waals surface area contributed by atoms with Gasteiger partial charge in [-0.25, -0.2) is 4.79 Å². The molecule has 0 saturated carbocycles. The normalized spacial score (nSPS) is 15.7. The monoisotopic (exact) mass is 282 g/mol. The smallest absolute Gasteiger partial charge is 0.320 e.